The monoisotopic (exact) mass is 537 g/mol. The van der Waals surface area contributed by atoms with E-state index in [1.54, 1.807) is 16.8 Å². The van der Waals surface area contributed by atoms with Crippen LogP contribution >= 0.6 is 0 Å². The lowest BCUT2D eigenvalue weighted by atomic mass is 9.65. The number of nitro benzene ring substituents is 1. The Labute approximate surface area is 232 Å². The van der Waals surface area contributed by atoms with Gasteiger partial charge in [0.05, 0.1) is 22.2 Å². The van der Waals surface area contributed by atoms with Crippen molar-refractivity contribution in [2.75, 3.05) is 0 Å². The van der Waals surface area contributed by atoms with Crippen LogP contribution in [0.4, 0.5) is 5.69 Å². The van der Waals surface area contributed by atoms with Crippen LogP contribution in [-0.4, -0.2) is 26.3 Å². The number of hydrogen-bond donors (Lipinski definition) is 0. The largest absolute Gasteiger partial charge is 0.465 e. The van der Waals surface area contributed by atoms with Crippen LogP contribution in [-0.2, 0) is 14.3 Å². The molecule has 0 radical (unpaired) electrons. The number of ketones is 2. The van der Waals surface area contributed by atoms with Crippen LogP contribution in [0, 0.1) is 20.9 Å². The van der Waals surface area contributed by atoms with Crippen LogP contribution in [0.25, 0.3) is 16.9 Å². The highest BCUT2D eigenvalue weighted by Crippen LogP contribution is 2.54. The SMILES string of the molecule is CC1(C)CC(=O)C2=C(C1)OC1=C(C(=O)CC(C)(C)C1)C2c1cn(-c2ccccc2)nc1-c1cccc([N+](=O)[O-])c1. The molecule has 204 valence electrons. The van der Waals surface area contributed by atoms with Crippen molar-refractivity contribution in [3.63, 3.8) is 0 Å². The Morgan fingerprint density at radius 2 is 1.48 bits per heavy atom. The number of rotatable bonds is 4. The van der Waals surface area contributed by atoms with Gasteiger partial charge in [0.2, 0.25) is 0 Å². The number of Topliss-reactive ketones (excluding diaryl/α,β-unsaturated/α-hetero) is 2. The predicted octanol–water partition coefficient (Wildman–Crippen LogP) is 6.85. The molecule has 3 aliphatic rings. The van der Waals surface area contributed by atoms with E-state index in [9.17, 15) is 19.7 Å². The zero-order chi connectivity index (χ0) is 28.4. The second-order valence-corrected chi connectivity index (χ2v) is 12.6. The Hall–Kier alpha value is -4.33. The molecule has 3 aromatic rings. The molecule has 8 nitrogen and oxygen atoms in total. The fourth-order valence-corrected chi connectivity index (χ4v) is 6.29. The summed E-state index contributed by atoms with van der Waals surface area (Å²) in [5.74, 6) is 0.481. The van der Waals surface area contributed by atoms with Crippen molar-refractivity contribution in [2.24, 2.45) is 10.8 Å². The van der Waals surface area contributed by atoms with E-state index in [1.807, 2.05) is 36.5 Å². The second-order valence-electron chi connectivity index (χ2n) is 12.6. The molecule has 40 heavy (non-hydrogen) atoms. The fourth-order valence-electron chi connectivity index (χ4n) is 6.29. The van der Waals surface area contributed by atoms with Crippen molar-refractivity contribution in [3.05, 3.63) is 99.1 Å². The predicted molar refractivity (Wildman–Crippen MR) is 150 cm³/mol. The maximum Gasteiger partial charge on any atom is 0.270 e. The minimum atomic E-state index is -0.669. The van der Waals surface area contributed by atoms with Gasteiger partial charge >= 0.3 is 0 Å². The van der Waals surface area contributed by atoms with Crippen LogP contribution in [0.5, 0.6) is 0 Å². The maximum absolute atomic E-state index is 13.8. The highest BCUT2D eigenvalue weighted by atomic mass is 16.6. The molecule has 1 aromatic heterocycles. The average Bonchev–Trinajstić information content (AvgIpc) is 3.32. The highest BCUT2D eigenvalue weighted by Gasteiger charge is 2.48. The first-order valence-electron chi connectivity index (χ1n) is 13.5. The molecule has 0 unspecified atom stereocenters. The van der Waals surface area contributed by atoms with Gasteiger partial charge in [0.15, 0.2) is 11.6 Å². The molecule has 0 fully saturated rings. The van der Waals surface area contributed by atoms with Gasteiger partial charge in [-0.2, -0.15) is 5.10 Å². The Morgan fingerprint density at radius 1 is 0.875 bits per heavy atom. The molecule has 2 aliphatic carbocycles. The minimum absolute atomic E-state index is 0.0436. The van der Waals surface area contributed by atoms with Crippen molar-refractivity contribution < 1.29 is 19.2 Å². The number of carbonyl (C=O) groups excluding carboxylic acids is 2. The number of ether oxygens (including phenoxy) is 1. The van der Waals surface area contributed by atoms with Crippen LogP contribution in [0.1, 0.15) is 64.9 Å². The number of nitrogens with zero attached hydrogens (tertiary/aromatic N) is 3. The molecule has 0 saturated carbocycles. The van der Waals surface area contributed by atoms with Crippen LogP contribution in [0.15, 0.2) is 83.5 Å². The third-order valence-corrected chi connectivity index (χ3v) is 7.99. The Kier molecular flexibility index (Phi) is 5.91. The number of hydrogen-bond acceptors (Lipinski definition) is 6. The molecule has 0 amide bonds. The molecule has 8 heteroatoms. The van der Waals surface area contributed by atoms with Gasteiger partial charge in [0.25, 0.3) is 5.69 Å². The van der Waals surface area contributed by atoms with Crippen molar-refractivity contribution >= 4 is 17.3 Å². The molecule has 0 bridgehead atoms. The second kappa shape index (κ2) is 9.11. The number of non-ortho nitro benzene ring substituents is 1. The summed E-state index contributed by atoms with van der Waals surface area (Å²) in [6, 6.07) is 15.9. The van der Waals surface area contributed by atoms with E-state index in [-0.39, 0.29) is 28.1 Å². The standard InChI is InChI=1S/C32H31N3O5/c1-31(2)14-23(36)28-25(16-31)40-26-17-32(3,4)15-24(37)29(26)27(28)22-18-34(20-10-6-5-7-11-20)33-30(22)19-9-8-12-21(13-19)35(38)39/h5-13,18,27H,14-17H2,1-4H3. The lowest BCUT2D eigenvalue weighted by Gasteiger charge is -2.42. The van der Waals surface area contributed by atoms with E-state index in [2.05, 4.69) is 27.7 Å². The van der Waals surface area contributed by atoms with Crippen LogP contribution in [0.3, 0.4) is 0 Å². The minimum Gasteiger partial charge on any atom is -0.465 e. The molecule has 0 atom stereocenters. The zero-order valence-corrected chi connectivity index (χ0v) is 23.1. The first-order chi connectivity index (χ1) is 18.9. The molecular formula is C32H31N3O5. The summed E-state index contributed by atoms with van der Waals surface area (Å²) in [6.07, 6.45) is 3.69. The Balaban J connectivity index is 1.63. The summed E-state index contributed by atoms with van der Waals surface area (Å²) in [6.45, 7) is 8.20. The highest BCUT2D eigenvalue weighted by molar-refractivity contribution is 6.06. The number of nitro groups is 1. The van der Waals surface area contributed by atoms with Gasteiger partial charge in [-0.3, -0.25) is 19.7 Å². The average molecular weight is 538 g/mol. The van der Waals surface area contributed by atoms with E-state index in [0.717, 1.165) is 5.69 Å². The van der Waals surface area contributed by atoms with Crippen molar-refractivity contribution in [1.29, 1.82) is 0 Å². The number of para-hydroxylation sites is 1. The Morgan fingerprint density at radius 3 is 2.05 bits per heavy atom. The normalized spacial score (nSPS) is 20.2. The molecule has 0 saturated heterocycles. The summed E-state index contributed by atoms with van der Waals surface area (Å²) in [4.78, 5) is 38.8. The lowest BCUT2D eigenvalue weighted by Crippen LogP contribution is -2.37. The van der Waals surface area contributed by atoms with E-state index < -0.39 is 10.8 Å². The number of benzene rings is 2. The Bertz CT molecular complexity index is 1590. The molecule has 2 aromatic carbocycles. The lowest BCUT2D eigenvalue weighted by molar-refractivity contribution is -0.384. The van der Waals surface area contributed by atoms with E-state index >= 15 is 0 Å². The van der Waals surface area contributed by atoms with Gasteiger partial charge in [0, 0.05) is 66.3 Å². The molecule has 0 N–H and O–H groups in total. The van der Waals surface area contributed by atoms with Crippen molar-refractivity contribution in [2.45, 2.75) is 59.3 Å². The number of carbonyl (C=O) groups is 2. The zero-order valence-electron chi connectivity index (χ0n) is 23.1. The van der Waals surface area contributed by atoms with Gasteiger partial charge in [-0.05, 0) is 23.0 Å². The van der Waals surface area contributed by atoms with Gasteiger partial charge < -0.3 is 4.74 Å². The molecule has 0 spiro atoms. The summed E-state index contributed by atoms with van der Waals surface area (Å²) in [5, 5.41) is 16.5. The summed E-state index contributed by atoms with van der Waals surface area (Å²) in [5.41, 5.74) is 2.90. The third-order valence-electron chi connectivity index (χ3n) is 7.99. The molecule has 6 rings (SSSR count). The number of aromatic nitrogens is 2. The summed E-state index contributed by atoms with van der Waals surface area (Å²) >= 11 is 0. The van der Waals surface area contributed by atoms with E-state index in [1.165, 1.54) is 12.1 Å². The summed E-state index contributed by atoms with van der Waals surface area (Å²) in [7, 11) is 0. The molecule has 1 aliphatic heterocycles. The van der Waals surface area contributed by atoms with Crippen LogP contribution in [0.2, 0.25) is 0 Å². The molecular weight excluding hydrogens is 506 g/mol. The number of allylic oxidation sites excluding steroid dienone is 4. The van der Waals surface area contributed by atoms with Gasteiger partial charge in [0.1, 0.15) is 11.5 Å². The van der Waals surface area contributed by atoms with Gasteiger partial charge in [-0.1, -0.05) is 58.0 Å². The maximum atomic E-state index is 13.8. The van der Waals surface area contributed by atoms with Crippen molar-refractivity contribution in [1.82, 2.24) is 9.78 Å². The van der Waals surface area contributed by atoms with E-state index in [0.29, 0.717) is 65.2 Å². The smallest absolute Gasteiger partial charge is 0.270 e. The molecule has 2 heterocycles. The first-order valence-corrected chi connectivity index (χ1v) is 13.5. The quantitative estimate of drug-likeness (QED) is 0.266. The van der Waals surface area contributed by atoms with Gasteiger partial charge in [-0.15, -0.1) is 0 Å². The van der Waals surface area contributed by atoms with E-state index in [4.69, 9.17) is 9.84 Å². The summed E-state index contributed by atoms with van der Waals surface area (Å²) < 4.78 is 8.16. The van der Waals surface area contributed by atoms with Crippen molar-refractivity contribution in [3.8, 4) is 16.9 Å². The third kappa shape index (κ3) is 4.47. The topological polar surface area (TPSA) is 104 Å². The van der Waals surface area contributed by atoms with Crippen LogP contribution < -0.4 is 0 Å². The fraction of sp³-hybridized carbons (Fsp3) is 0.344. The first kappa shape index (κ1) is 25.9. The van der Waals surface area contributed by atoms with Gasteiger partial charge in [-0.25, -0.2) is 4.68 Å².